The highest BCUT2D eigenvalue weighted by atomic mass is 32.2. The highest BCUT2D eigenvalue weighted by molar-refractivity contribution is 7.88. The average Bonchev–Trinajstić information content (AvgIpc) is 2.71. The van der Waals surface area contributed by atoms with Crippen LogP contribution in [0.1, 0.15) is 56.0 Å². The number of sulfonamides is 1. The predicted molar refractivity (Wildman–Crippen MR) is 126 cm³/mol. The van der Waals surface area contributed by atoms with Gasteiger partial charge in [-0.25, -0.2) is 17.9 Å². The molecule has 0 spiro atoms. The Bertz CT molecular complexity index is 937. The first kappa shape index (κ1) is 24.9. The Morgan fingerprint density at radius 1 is 0.871 bits per heavy atom. The van der Waals surface area contributed by atoms with E-state index in [0.717, 1.165) is 17.5 Å². The van der Waals surface area contributed by atoms with E-state index >= 15 is 0 Å². The first-order valence-corrected chi connectivity index (χ1v) is 12.4. The number of carbonyl (C=O) groups excluding carboxylic acids is 1. The third-order valence-electron chi connectivity index (χ3n) is 5.08. The third-order valence-corrected chi connectivity index (χ3v) is 6.42. The van der Waals surface area contributed by atoms with Gasteiger partial charge in [-0.3, -0.25) is 0 Å². The van der Waals surface area contributed by atoms with Crippen LogP contribution in [0.2, 0.25) is 0 Å². The summed E-state index contributed by atoms with van der Waals surface area (Å²) >= 11 is 0. The SMILES string of the molecule is CNS(=O)(=O)Cc1ccc(CNC(=O)NC(c2ccc(CC(C)C)cc2)C(C)C)cc1. The van der Waals surface area contributed by atoms with E-state index in [0.29, 0.717) is 18.0 Å². The van der Waals surface area contributed by atoms with Gasteiger partial charge in [0.25, 0.3) is 0 Å². The number of nitrogens with one attached hydrogen (secondary N) is 3. The van der Waals surface area contributed by atoms with Gasteiger partial charge >= 0.3 is 6.03 Å². The quantitative estimate of drug-likeness (QED) is 0.514. The van der Waals surface area contributed by atoms with E-state index in [1.165, 1.54) is 12.6 Å². The summed E-state index contributed by atoms with van der Waals surface area (Å²) in [4.78, 5) is 12.5. The summed E-state index contributed by atoms with van der Waals surface area (Å²) in [7, 11) is -1.90. The van der Waals surface area contributed by atoms with Gasteiger partial charge in [-0.05, 0) is 47.6 Å². The Balaban J connectivity index is 1.93. The zero-order valence-corrected chi connectivity index (χ0v) is 19.9. The summed E-state index contributed by atoms with van der Waals surface area (Å²) in [5.41, 5.74) is 3.99. The van der Waals surface area contributed by atoms with Crippen molar-refractivity contribution in [1.29, 1.82) is 0 Å². The van der Waals surface area contributed by atoms with Gasteiger partial charge in [-0.1, -0.05) is 76.2 Å². The van der Waals surface area contributed by atoms with Gasteiger partial charge in [0.2, 0.25) is 10.0 Å². The fourth-order valence-electron chi connectivity index (χ4n) is 3.39. The van der Waals surface area contributed by atoms with Gasteiger partial charge in [0.05, 0.1) is 11.8 Å². The van der Waals surface area contributed by atoms with Crippen molar-refractivity contribution in [3.8, 4) is 0 Å². The summed E-state index contributed by atoms with van der Waals surface area (Å²) in [6.07, 6.45) is 1.04. The fraction of sp³-hybridized carbons (Fsp3) is 0.458. The normalized spacial score (nSPS) is 12.7. The van der Waals surface area contributed by atoms with Crippen LogP contribution in [-0.4, -0.2) is 21.5 Å². The van der Waals surface area contributed by atoms with E-state index < -0.39 is 10.0 Å². The van der Waals surface area contributed by atoms with Gasteiger partial charge in [-0.15, -0.1) is 0 Å². The zero-order chi connectivity index (χ0) is 23.0. The first-order valence-electron chi connectivity index (χ1n) is 10.7. The minimum absolute atomic E-state index is 0.0658. The molecule has 0 saturated carbocycles. The molecule has 2 rings (SSSR count). The Hall–Kier alpha value is -2.38. The molecular formula is C24H35N3O3S. The molecule has 0 heterocycles. The zero-order valence-electron chi connectivity index (χ0n) is 19.1. The van der Waals surface area contributed by atoms with Crippen molar-refractivity contribution in [3.63, 3.8) is 0 Å². The molecule has 2 aromatic rings. The molecule has 0 aromatic heterocycles. The summed E-state index contributed by atoms with van der Waals surface area (Å²) in [5, 5.41) is 5.97. The molecule has 0 bridgehead atoms. The highest BCUT2D eigenvalue weighted by Gasteiger charge is 2.18. The smallest absolute Gasteiger partial charge is 0.315 e. The maximum absolute atomic E-state index is 12.5. The molecule has 31 heavy (non-hydrogen) atoms. The Labute approximate surface area is 186 Å². The van der Waals surface area contributed by atoms with E-state index in [1.54, 1.807) is 12.1 Å². The monoisotopic (exact) mass is 445 g/mol. The molecule has 6 nitrogen and oxygen atoms in total. The number of urea groups is 1. The molecule has 3 N–H and O–H groups in total. The van der Waals surface area contributed by atoms with Crippen LogP contribution in [-0.2, 0) is 28.7 Å². The Morgan fingerprint density at radius 3 is 1.94 bits per heavy atom. The Kier molecular flexibility index (Phi) is 9.07. The van der Waals surface area contributed by atoms with Crippen molar-refractivity contribution in [2.45, 2.75) is 52.5 Å². The average molecular weight is 446 g/mol. The van der Waals surface area contributed by atoms with Crippen molar-refractivity contribution < 1.29 is 13.2 Å². The summed E-state index contributed by atoms with van der Waals surface area (Å²) < 4.78 is 25.6. The third kappa shape index (κ3) is 8.34. The molecule has 1 unspecified atom stereocenters. The molecule has 0 fully saturated rings. The molecule has 0 aliphatic carbocycles. The van der Waals surface area contributed by atoms with Crippen LogP contribution in [0.4, 0.5) is 4.79 Å². The van der Waals surface area contributed by atoms with Crippen LogP contribution in [0.15, 0.2) is 48.5 Å². The highest BCUT2D eigenvalue weighted by Crippen LogP contribution is 2.22. The van der Waals surface area contributed by atoms with Crippen LogP contribution < -0.4 is 15.4 Å². The standard InChI is InChI=1S/C24H35N3O3S/c1-17(2)14-19-10-12-22(13-11-19)23(18(3)4)27-24(28)26-15-20-6-8-21(9-7-20)16-31(29,30)25-5/h6-13,17-18,23,25H,14-16H2,1-5H3,(H2,26,27,28). The number of carbonyl (C=O) groups is 1. The van der Waals surface area contributed by atoms with E-state index in [-0.39, 0.29) is 23.7 Å². The lowest BCUT2D eigenvalue weighted by Crippen LogP contribution is -2.39. The fourth-order valence-corrected chi connectivity index (χ4v) is 4.16. The number of amides is 2. The number of rotatable bonds is 10. The second kappa shape index (κ2) is 11.3. The van der Waals surface area contributed by atoms with Gasteiger partial charge in [0.15, 0.2) is 0 Å². The van der Waals surface area contributed by atoms with E-state index in [1.807, 2.05) is 12.1 Å². The van der Waals surface area contributed by atoms with Gasteiger partial charge in [-0.2, -0.15) is 0 Å². The van der Waals surface area contributed by atoms with E-state index in [9.17, 15) is 13.2 Å². The predicted octanol–water partition coefficient (Wildman–Crippen LogP) is 4.13. The lowest BCUT2D eigenvalue weighted by atomic mass is 9.94. The topological polar surface area (TPSA) is 87.3 Å². The number of hydrogen-bond acceptors (Lipinski definition) is 3. The molecular weight excluding hydrogens is 410 g/mol. The van der Waals surface area contributed by atoms with E-state index in [2.05, 4.69) is 67.3 Å². The molecule has 2 amide bonds. The molecule has 170 valence electrons. The minimum atomic E-state index is -3.30. The van der Waals surface area contributed by atoms with Crippen molar-refractivity contribution in [2.24, 2.45) is 11.8 Å². The second-order valence-corrected chi connectivity index (χ2v) is 10.6. The van der Waals surface area contributed by atoms with Crippen LogP contribution >= 0.6 is 0 Å². The summed E-state index contributed by atoms with van der Waals surface area (Å²) in [6, 6.07) is 15.3. The Morgan fingerprint density at radius 2 is 1.42 bits per heavy atom. The van der Waals surface area contributed by atoms with Gasteiger partial charge in [0, 0.05) is 6.54 Å². The van der Waals surface area contributed by atoms with Gasteiger partial charge < -0.3 is 10.6 Å². The van der Waals surface area contributed by atoms with Gasteiger partial charge in [0.1, 0.15) is 0 Å². The minimum Gasteiger partial charge on any atom is -0.334 e. The lowest BCUT2D eigenvalue weighted by molar-refractivity contribution is 0.232. The molecule has 0 aliphatic heterocycles. The van der Waals surface area contributed by atoms with Crippen molar-refractivity contribution in [3.05, 3.63) is 70.8 Å². The molecule has 0 aliphatic rings. The molecule has 0 radical (unpaired) electrons. The van der Waals surface area contributed by atoms with Crippen LogP contribution in [0.25, 0.3) is 0 Å². The van der Waals surface area contributed by atoms with Crippen molar-refractivity contribution in [1.82, 2.24) is 15.4 Å². The molecule has 1 atom stereocenters. The van der Waals surface area contributed by atoms with Crippen LogP contribution in [0.5, 0.6) is 0 Å². The largest absolute Gasteiger partial charge is 0.334 e. The van der Waals surface area contributed by atoms with Crippen LogP contribution in [0, 0.1) is 11.8 Å². The number of hydrogen-bond donors (Lipinski definition) is 3. The summed E-state index contributed by atoms with van der Waals surface area (Å²) in [5.74, 6) is 0.788. The molecule has 0 saturated heterocycles. The van der Waals surface area contributed by atoms with E-state index in [4.69, 9.17) is 0 Å². The van der Waals surface area contributed by atoms with Crippen LogP contribution in [0.3, 0.4) is 0 Å². The lowest BCUT2D eigenvalue weighted by Gasteiger charge is -2.23. The maximum Gasteiger partial charge on any atom is 0.315 e. The molecule has 7 heteroatoms. The van der Waals surface area contributed by atoms with Crippen molar-refractivity contribution >= 4 is 16.1 Å². The summed E-state index contributed by atoms with van der Waals surface area (Å²) in [6.45, 7) is 8.95. The second-order valence-electron chi connectivity index (χ2n) is 8.67. The first-order chi connectivity index (χ1) is 14.6. The molecule has 2 aromatic carbocycles. The number of benzene rings is 2. The van der Waals surface area contributed by atoms with Crippen molar-refractivity contribution in [2.75, 3.05) is 7.05 Å². The maximum atomic E-state index is 12.5.